The SMILES string of the molecule is CC(C)CCCOc1nccc(CN)c1F. The van der Waals surface area contributed by atoms with Crippen LogP contribution in [0.3, 0.4) is 0 Å². The van der Waals surface area contributed by atoms with Gasteiger partial charge in [0.25, 0.3) is 5.88 Å². The van der Waals surface area contributed by atoms with Gasteiger partial charge in [-0.3, -0.25) is 0 Å². The zero-order valence-electron chi connectivity index (χ0n) is 9.87. The number of nitrogens with two attached hydrogens (primary N) is 1. The molecule has 0 spiro atoms. The molecule has 0 saturated carbocycles. The lowest BCUT2D eigenvalue weighted by Crippen LogP contribution is -2.06. The van der Waals surface area contributed by atoms with Crippen LogP contribution in [0, 0.1) is 11.7 Å². The Hall–Kier alpha value is -1.16. The molecule has 1 aromatic rings. The third kappa shape index (κ3) is 3.77. The number of ether oxygens (including phenoxy) is 1. The molecule has 0 aliphatic heterocycles. The third-order valence-corrected chi connectivity index (χ3v) is 2.32. The summed E-state index contributed by atoms with van der Waals surface area (Å²) in [5, 5.41) is 0. The molecule has 0 aromatic carbocycles. The number of hydrogen-bond donors (Lipinski definition) is 1. The van der Waals surface area contributed by atoms with Crippen molar-refractivity contribution in [2.75, 3.05) is 6.61 Å². The van der Waals surface area contributed by atoms with E-state index in [4.69, 9.17) is 10.5 Å². The predicted octanol–water partition coefficient (Wildman–Crippen LogP) is 2.49. The molecular formula is C12H19FN2O. The fraction of sp³-hybridized carbons (Fsp3) is 0.583. The number of halogens is 1. The molecule has 3 nitrogen and oxygen atoms in total. The molecule has 0 aliphatic rings. The van der Waals surface area contributed by atoms with Crippen molar-refractivity contribution < 1.29 is 9.13 Å². The topological polar surface area (TPSA) is 48.1 Å². The maximum atomic E-state index is 13.6. The van der Waals surface area contributed by atoms with Gasteiger partial charge in [0.05, 0.1) is 6.61 Å². The van der Waals surface area contributed by atoms with E-state index in [-0.39, 0.29) is 12.4 Å². The van der Waals surface area contributed by atoms with E-state index in [1.54, 1.807) is 6.07 Å². The van der Waals surface area contributed by atoms with Crippen molar-refractivity contribution in [1.29, 1.82) is 0 Å². The Labute approximate surface area is 95.8 Å². The van der Waals surface area contributed by atoms with E-state index in [9.17, 15) is 4.39 Å². The lowest BCUT2D eigenvalue weighted by molar-refractivity contribution is 0.272. The summed E-state index contributed by atoms with van der Waals surface area (Å²) in [5.74, 6) is 0.262. The Morgan fingerprint density at radius 2 is 2.25 bits per heavy atom. The molecule has 90 valence electrons. The van der Waals surface area contributed by atoms with Gasteiger partial charge in [0, 0.05) is 18.3 Å². The fourth-order valence-electron chi connectivity index (χ4n) is 1.38. The summed E-state index contributed by atoms with van der Waals surface area (Å²) in [5.41, 5.74) is 5.83. The molecule has 0 aliphatic carbocycles. The van der Waals surface area contributed by atoms with Crippen molar-refractivity contribution in [2.45, 2.75) is 33.2 Å². The Bertz CT molecular complexity index is 329. The summed E-state index contributed by atoms with van der Waals surface area (Å²) in [6.45, 7) is 4.95. The molecule has 1 rings (SSSR count). The van der Waals surface area contributed by atoms with Crippen LogP contribution in [-0.2, 0) is 6.54 Å². The second-order valence-corrected chi connectivity index (χ2v) is 4.18. The van der Waals surface area contributed by atoms with Crippen LogP contribution in [0.4, 0.5) is 4.39 Å². The number of nitrogens with zero attached hydrogens (tertiary/aromatic N) is 1. The first-order valence-electron chi connectivity index (χ1n) is 5.61. The molecule has 0 atom stereocenters. The van der Waals surface area contributed by atoms with E-state index in [0.29, 0.717) is 18.1 Å². The summed E-state index contributed by atoms with van der Waals surface area (Å²) in [4.78, 5) is 3.85. The van der Waals surface area contributed by atoms with Gasteiger partial charge in [0.15, 0.2) is 5.82 Å². The van der Waals surface area contributed by atoms with Crippen molar-refractivity contribution in [2.24, 2.45) is 11.7 Å². The monoisotopic (exact) mass is 226 g/mol. The first kappa shape index (κ1) is 12.9. The lowest BCUT2D eigenvalue weighted by Gasteiger charge is -2.08. The maximum absolute atomic E-state index is 13.6. The Morgan fingerprint density at radius 1 is 1.50 bits per heavy atom. The summed E-state index contributed by atoms with van der Waals surface area (Å²) < 4.78 is 18.9. The van der Waals surface area contributed by atoms with Crippen LogP contribution >= 0.6 is 0 Å². The van der Waals surface area contributed by atoms with Gasteiger partial charge in [-0.1, -0.05) is 13.8 Å². The van der Waals surface area contributed by atoms with Crippen molar-refractivity contribution in [3.05, 3.63) is 23.6 Å². The largest absolute Gasteiger partial charge is 0.476 e. The molecule has 2 N–H and O–H groups in total. The molecule has 0 radical (unpaired) electrons. The van der Waals surface area contributed by atoms with E-state index < -0.39 is 5.82 Å². The van der Waals surface area contributed by atoms with Crippen molar-refractivity contribution >= 4 is 0 Å². The number of pyridine rings is 1. The molecule has 16 heavy (non-hydrogen) atoms. The molecule has 0 bridgehead atoms. The first-order valence-corrected chi connectivity index (χ1v) is 5.61. The second kappa shape index (κ2) is 6.43. The van der Waals surface area contributed by atoms with Gasteiger partial charge >= 0.3 is 0 Å². The van der Waals surface area contributed by atoms with Gasteiger partial charge in [0.1, 0.15) is 0 Å². The van der Waals surface area contributed by atoms with E-state index in [1.807, 2.05) is 0 Å². The van der Waals surface area contributed by atoms with Gasteiger partial charge in [-0.05, 0) is 24.8 Å². The number of rotatable bonds is 6. The average molecular weight is 226 g/mol. The Morgan fingerprint density at radius 3 is 2.88 bits per heavy atom. The second-order valence-electron chi connectivity index (χ2n) is 4.18. The minimum Gasteiger partial charge on any atom is -0.476 e. The van der Waals surface area contributed by atoms with Gasteiger partial charge < -0.3 is 10.5 Å². The van der Waals surface area contributed by atoms with Gasteiger partial charge in [-0.2, -0.15) is 0 Å². The zero-order valence-corrected chi connectivity index (χ0v) is 9.87. The van der Waals surface area contributed by atoms with Gasteiger partial charge in [0.2, 0.25) is 0 Å². The van der Waals surface area contributed by atoms with Gasteiger partial charge in [-0.15, -0.1) is 0 Å². The molecule has 0 saturated heterocycles. The molecule has 1 heterocycles. The third-order valence-electron chi connectivity index (χ3n) is 2.32. The lowest BCUT2D eigenvalue weighted by atomic mass is 10.1. The van der Waals surface area contributed by atoms with Crippen LogP contribution in [0.1, 0.15) is 32.3 Å². The van der Waals surface area contributed by atoms with E-state index in [0.717, 1.165) is 12.8 Å². The zero-order chi connectivity index (χ0) is 12.0. The molecule has 0 fully saturated rings. The highest BCUT2D eigenvalue weighted by Crippen LogP contribution is 2.17. The highest BCUT2D eigenvalue weighted by atomic mass is 19.1. The van der Waals surface area contributed by atoms with E-state index in [2.05, 4.69) is 18.8 Å². The molecular weight excluding hydrogens is 207 g/mol. The standard InChI is InChI=1S/C12H19FN2O/c1-9(2)4-3-7-16-12-11(13)10(8-14)5-6-15-12/h5-6,9H,3-4,7-8,14H2,1-2H3. The highest BCUT2D eigenvalue weighted by molar-refractivity contribution is 5.23. The molecule has 0 unspecified atom stereocenters. The van der Waals surface area contributed by atoms with Crippen LogP contribution in [0.5, 0.6) is 5.88 Å². The smallest absolute Gasteiger partial charge is 0.250 e. The first-order chi connectivity index (χ1) is 7.65. The maximum Gasteiger partial charge on any atom is 0.250 e. The van der Waals surface area contributed by atoms with E-state index in [1.165, 1.54) is 6.20 Å². The van der Waals surface area contributed by atoms with Crippen molar-refractivity contribution in [3.63, 3.8) is 0 Å². The summed E-state index contributed by atoms with van der Waals surface area (Å²) in [7, 11) is 0. The Balaban J connectivity index is 2.47. The average Bonchev–Trinajstić information content (AvgIpc) is 2.26. The van der Waals surface area contributed by atoms with Crippen LogP contribution < -0.4 is 10.5 Å². The van der Waals surface area contributed by atoms with Gasteiger partial charge in [-0.25, -0.2) is 9.37 Å². The molecule has 4 heteroatoms. The number of hydrogen-bond acceptors (Lipinski definition) is 3. The molecule has 0 amide bonds. The van der Waals surface area contributed by atoms with Crippen molar-refractivity contribution in [1.82, 2.24) is 4.98 Å². The highest BCUT2D eigenvalue weighted by Gasteiger charge is 2.09. The summed E-state index contributed by atoms with van der Waals surface area (Å²) >= 11 is 0. The minimum atomic E-state index is -0.436. The van der Waals surface area contributed by atoms with Crippen molar-refractivity contribution in [3.8, 4) is 5.88 Å². The summed E-state index contributed by atoms with van der Waals surface area (Å²) in [6.07, 6.45) is 3.49. The quantitative estimate of drug-likeness (QED) is 0.758. The van der Waals surface area contributed by atoms with Crippen LogP contribution in [0.25, 0.3) is 0 Å². The van der Waals surface area contributed by atoms with Crippen LogP contribution in [0.15, 0.2) is 12.3 Å². The Kier molecular flexibility index (Phi) is 5.19. The fourth-order valence-corrected chi connectivity index (χ4v) is 1.38. The minimum absolute atomic E-state index is 0.0618. The van der Waals surface area contributed by atoms with Crippen LogP contribution in [-0.4, -0.2) is 11.6 Å². The van der Waals surface area contributed by atoms with Crippen LogP contribution in [0.2, 0.25) is 0 Å². The normalized spacial score (nSPS) is 10.8. The number of aromatic nitrogens is 1. The summed E-state index contributed by atoms with van der Waals surface area (Å²) in [6, 6.07) is 1.57. The predicted molar refractivity (Wildman–Crippen MR) is 61.7 cm³/mol. The van der Waals surface area contributed by atoms with E-state index >= 15 is 0 Å². The molecule has 1 aromatic heterocycles.